The van der Waals surface area contributed by atoms with Gasteiger partial charge in [-0.1, -0.05) is 54.6 Å². The molecule has 0 atom stereocenters. The van der Waals surface area contributed by atoms with E-state index in [1.807, 2.05) is 39.0 Å². The Balaban J connectivity index is 0.00000300. The van der Waals surface area contributed by atoms with Crippen molar-refractivity contribution in [2.24, 2.45) is 5.41 Å². The van der Waals surface area contributed by atoms with Crippen molar-refractivity contribution in [2.75, 3.05) is 12.8 Å². The summed E-state index contributed by atoms with van der Waals surface area (Å²) < 4.78 is 5.72. The maximum absolute atomic E-state index is 12.4. The van der Waals surface area contributed by atoms with Crippen LogP contribution in [0.15, 0.2) is 91.0 Å². The van der Waals surface area contributed by atoms with Crippen molar-refractivity contribution in [1.29, 1.82) is 0 Å². The first-order chi connectivity index (χ1) is 13.4. The third-order valence-electron chi connectivity index (χ3n) is 4.86. The predicted molar refractivity (Wildman–Crippen MR) is 120 cm³/mol. The lowest BCUT2D eigenvalue weighted by molar-refractivity contribution is -0.152. The van der Waals surface area contributed by atoms with Crippen LogP contribution in [0.25, 0.3) is 0 Å². The zero-order chi connectivity index (χ0) is 20.0. The van der Waals surface area contributed by atoms with Crippen molar-refractivity contribution in [3.05, 3.63) is 91.0 Å². The van der Waals surface area contributed by atoms with Gasteiger partial charge in [0.2, 0.25) is 0 Å². The molecule has 0 bridgehead atoms. The van der Waals surface area contributed by atoms with Gasteiger partial charge >= 0.3 is 5.97 Å². The largest absolute Gasteiger partial charge is 1.00 e. The van der Waals surface area contributed by atoms with Crippen LogP contribution in [0.2, 0.25) is 0 Å². The number of ether oxygens (including phenoxy) is 1. The van der Waals surface area contributed by atoms with E-state index in [0.29, 0.717) is 6.61 Å². The summed E-state index contributed by atoms with van der Waals surface area (Å²) in [4.78, 5) is 12.4. The van der Waals surface area contributed by atoms with Gasteiger partial charge < -0.3 is 21.7 Å². The first kappa shape index (κ1) is 23.3. The average molecular weight is 471 g/mol. The summed E-state index contributed by atoms with van der Waals surface area (Å²) in [5.41, 5.74) is -0.493. The Hall–Kier alpha value is -1.96. The molecule has 2 nitrogen and oxygen atoms in total. The van der Waals surface area contributed by atoms with Crippen LogP contribution in [0.5, 0.6) is 0 Å². The number of esters is 1. The zero-order valence-corrected chi connectivity index (χ0v) is 19.7. The van der Waals surface area contributed by atoms with Crippen LogP contribution in [-0.4, -0.2) is 18.7 Å². The van der Waals surface area contributed by atoms with Crippen LogP contribution in [0.3, 0.4) is 0 Å². The van der Waals surface area contributed by atoms with Crippen LogP contribution in [0.1, 0.15) is 20.8 Å². The van der Waals surface area contributed by atoms with Gasteiger partial charge in [-0.05, 0) is 57.2 Å². The van der Waals surface area contributed by atoms with Gasteiger partial charge in [0.05, 0.1) is 5.41 Å². The monoisotopic (exact) mass is 470 g/mol. The van der Waals surface area contributed by atoms with Crippen LogP contribution in [0, 0.1) is 5.41 Å². The summed E-state index contributed by atoms with van der Waals surface area (Å²) in [5, 5.41) is 3.91. The zero-order valence-electron chi connectivity index (χ0n) is 17.2. The highest BCUT2D eigenvalue weighted by Gasteiger charge is 2.45. The van der Waals surface area contributed by atoms with Crippen LogP contribution >= 0.6 is 7.26 Å². The van der Waals surface area contributed by atoms with Crippen LogP contribution < -0.4 is 32.9 Å². The molecule has 3 rings (SSSR count). The minimum absolute atomic E-state index is 0. The Morgan fingerprint density at radius 2 is 1.07 bits per heavy atom. The van der Waals surface area contributed by atoms with Crippen molar-refractivity contribution in [3.8, 4) is 0 Å². The summed E-state index contributed by atoms with van der Waals surface area (Å²) >= 11 is 0. The lowest BCUT2D eigenvalue weighted by Crippen LogP contribution is -3.00. The molecule has 0 aromatic heterocycles. The van der Waals surface area contributed by atoms with E-state index in [4.69, 9.17) is 4.74 Å². The number of hydrogen-bond donors (Lipinski definition) is 0. The third kappa shape index (κ3) is 5.35. The van der Waals surface area contributed by atoms with Crippen molar-refractivity contribution in [2.45, 2.75) is 20.8 Å². The van der Waals surface area contributed by atoms with Gasteiger partial charge in [-0.3, -0.25) is 4.79 Å². The molecule has 0 unspecified atom stereocenters. The van der Waals surface area contributed by atoms with E-state index >= 15 is 0 Å². The Labute approximate surface area is 185 Å². The van der Waals surface area contributed by atoms with Gasteiger partial charge in [0.25, 0.3) is 0 Å². The molecule has 0 aliphatic rings. The molecule has 0 spiro atoms. The molecular formula is C25H28BrO2P. The van der Waals surface area contributed by atoms with Crippen molar-refractivity contribution < 1.29 is 26.5 Å². The van der Waals surface area contributed by atoms with Crippen LogP contribution in [0.4, 0.5) is 0 Å². The molecule has 0 heterocycles. The second-order valence-electron chi connectivity index (χ2n) is 7.93. The maximum atomic E-state index is 12.4. The van der Waals surface area contributed by atoms with Gasteiger partial charge in [0.15, 0.2) is 0 Å². The molecule has 0 saturated carbocycles. The molecule has 152 valence electrons. The fraction of sp³-hybridized carbons (Fsp3) is 0.240. The predicted octanol–water partition coefficient (Wildman–Crippen LogP) is 1.57. The fourth-order valence-corrected chi connectivity index (χ4v) is 7.45. The first-order valence-corrected chi connectivity index (χ1v) is 11.6. The highest BCUT2D eigenvalue weighted by atomic mass is 79.9. The second kappa shape index (κ2) is 10.2. The number of hydrogen-bond acceptors (Lipinski definition) is 2. The molecule has 0 amide bonds. The molecular weight excluding hydrogens is 443 g/mol. The third-order valence-corrected chi connectivity index (χ3v) is 9.26. The van der Waals surface area contributed by atoms with Crippen molar-refractivity contribution in [3.63, 3.8) is 0 Å². The van der Waals surface area contributed by atoms with Crippen molar-refractivity contribution in [1.82, 2.24) is 0 Å². The maximum Gasteiger partial charge on any atom is 0.311 e. The SMILES string of the molecule is CC(C)(C)C(=O)OCC[P+](c1ccccc1)(c1ccccc1)c1ccccc1.[Br-]. The summed E-state index contributed by atoms with van der Waals surface area (Å²) in [6.45, 7) is 6.08. The van der Waals surface area contributed by atoms with E-state index in [0.717, 1.165) is 6.16 Å². The number of carbonyl (C=O) groups is 1. The standard InChI is InChI=1S/C25H28O2P.BrH/c1-25(2,3)24(26)27-19-20-28(21-13-7-4-8-14-21,22-15-9-5-10-16-22)23-17-11-6-12-18-23;/h4-18H,19-20H2,1-3H3;1H/q+1;/p-1. The second-order valence-corrected chi connectivity index (χ2v) is 11.5. The van der Waals surface area contributed by atoms with E-state index in [1.165, 1.54) is 15.9 Å². The molecule has 3 aromatic rings. The van der Waals surface area contributed by atoms with Crippen LogP contribution in [-0.2, 0) is 9.53 Å². The summed E-state index contributed by atoms with van der Waals surface area (Å²) in [6.07, 6.45) is 0.785. The molecule has 0 N–H and O–H groups in total. The van der Waals surface area contributed by atoms with E-state index < -0.39 is 12.7 Å². The summed E-state index contributed by atoms with van der Waals surface area (Å²) in [5.74, 6) is -0.153. The number of rotatable bonds is 6. The Kier molecular flexibility index (Phi) is 8.19. The molecule has 0 aliphatic carbocycles. The lowest BCUT2D eigenvalue weighted by Gasteiger charge is -2.28. The van der Waals surface area contributed by atoms with Gasteiger partial charge in [0.1, 0.15) is 35.9 Å². The smallest absolute Gasteiger partial charge is 0.311 e. The van der Waals surface area contributed by atoms with Crippen molar-refractivity contribution >= 4 is 29.1 Å². The Morgan fingerprint density at radius 3 is 1.38 bits per heavy atom. The molecule has 0 aliphatic heterocycles. The lowest BCUT2D eigenvalue weighted by atomic mass is 9.97. The molecule has 0 radical (unpaired) electrons. The minimum atomic E-state index is -1.94. The molecule has 0 fully saturated rings. The Bertz CT molecular complexity index is 794. The van der Waals surface area contributed by atoms with Gasteiger partial charge in [-0.15, -0.1) is 0 Å². The van der Waals surface area contributed by atoms with E-state index in [9.17, 15) is 4.79 Å². The minimum Gasteiger partial charge on any atom is -1.00 e. The Morgan fingerprint density at radius 1 is 0.724 bits per heavy atom. The number of benzene rings is 3. The van der Waals surface area contributed by atoms with E-state index in [-0.39, 0.29) is 23.0 Å². The van der Waals surface area contributed by atoms with Gasteiger partial charge in [-0.2, -0.15) is 0 Å². The first-order valence-electron chi connectivity index (χ1n) is 9.67. The quantitative estimate of drug-likeness (QED) is 0.403. The number of halogens is 1. The summed E-state index contributed by atoms with van der Waals surface area (Å²) in [6, 6.07) is 32.0. The normalized spacial score (nSPS) is 11.4. The number of carbonyl (C=O) groups excluding carboxylic acids is 1. The molecule has 3 aromatic carbocycles. The summed E-state index contributed by atoms with van der Waals surface area (Å²) in [7, 11) is -1.94. The molecule has 0 saturated heterocycles. The van der Waals surface area contributed by atoms with E-state index in [1.54, 1.807) is 0 Å². The van der Waals surface area contributed by atoms with E-state index in [2.05, 4.69) is 72.8 Å². The average Bonchev–Trinajstić information content (AvgIpc) is 2.72. The highest BCUT2D eigenvalue weighted by molar-refractivity contribution is 7.95. The fourth-order valence-electron chi connectivity index (χ4n) is 3.37. The van der Waals surface area contributed by atoms with Gasteiger partial charge in [0, 0.05) is 0 Å². The highest BCUT2D eigenvalue weighted by Crippen LogP contribution is 2.55. The topological polar surface area (TPSA) is 26.3 Å². The molecule has 29 heavy (non-hydrogen) atoms. The van der Waals surface area contributed by atoms with Gasteiger partial charge in [-0.25, -0.2) is 0 Å². The molecule has 4 heteroatoms.